The summed E-state index contributed by atoms with van der Waals surface area (Å²) in [7, 11) is 0. The zero-order chi connectivity index (χ0) is 40.5. The van der Waals surface area contributed by atoms with Gasteiger partial charge in [0.25, 0.3) is 0 Å². The van der Waals surface area contributed by atoms with Crippen LogP contribution in [-0.2, 0) is 5.41 Å². The van der Waals surface area contributed by atoms with Gasteiger partial charge in [-0.05, 0) is 133 Å². The van der Waals surface area contributed by atoms with E-state index in [1.54, 1.807) is 0 Å². The molecular formula is C58H43NO. The zero-order valence-electron chi connectivity index (χ0n) is 34.0. The number of fused-ring (bicyclic) bond motifs is 5. The smallest absolute Gasteiger partial charge is 0.138 e. The molecule has 0 spiro atoms. The summed E-state index contributed by atoms with van der Waals surface area (Å²) in [5, 5.41) is 2.38. The summed E-state index contributed by atoms with van der Waals surface area (Å²) in [6.07, 6.45) is 0. The molecule has 60 heavy (non-hydrogen) atoms. The van der Waals surface area contributed by atoms with E-state index >= 15 is 0 Å². The van der Waals surface area contributed by atoms with E-state index in [0.29, 0.717) is 0 Å². The van der Waals surface area contributed by atoms with Crippen LogP contribution in [0.5, 0.6) is 11.5 Å². The van der Waals surface area contributed by atoms with Crippen LogP contribution in [0, 0.1) is 6.92 Å². The number of rotatable bonds is 7. The first-order valence-electron chi connectivity index (χ1n) is 20.8. The fourth-order valence-electron chi connectivity index (χ4n) is 9.52. The number of ether oxygens (including phenoxy) is 1. The molecule has 0 N–H and O–H groups in total. The lowest BCUT2D eigenvalue weighted by molar-refractivity contribution is 0.483. The van der Waals surface area contributed by atoms with Gasteiger partial charge in [0.2, 0.25) is 0 Å². The van der Waals surface area contributed by atoms with Crippen molar-refractivity contribution >= 4 is 33.4 Å². The van der Waals surface area contributed by atoms with Crippen molar-refractivity contribution < 1.29 is 4.74 Å². The predicted molar refractivity (Wildman–Crippen MR) is 252 cm³/mol. The number of aryl methyl sites for hydroxylation is 1. The van der Waals surface area contributed by atoms with Crippen molar-refractivity contribution in [3.8, 4) is 56.0 Å². The van der Waals surface area contributed by atoms with Gasteiger partial charge in [-0.1, -0.05) is 160 Å². The minimum absolute atomic E-state index is 0.00540. The Bertz CT molecular complexity index is 3150. The summed E-state index contributed by atoms with van der Waals surface area (Å²) in [6, 6.07) is 70.2. The van der Waals surface area contributed by atoms with Gasteiger partial charge < -0.3 is 9.64 Å². The quantitative estimate of drug-likeness (QED) is 0.160. The number of nitrogens with zero attached hydrogens (tertiary/aromatic N) is 1. The molecule has 2 nitrogen and oxygen atoms in total. The SMILES string of the molecule is C=C(c1ccc(-c2cccc(-c3ccc(N(c4ccccc4)c4ccc5c(c4)Oc4c(C)ccc6cccc-5c46)cc3)c2)cc1)c1ccc2c(c1)-c1ccccc1C2(C)C. The first kappa shape index (κ1) is 35.7. The van der Waals surface area contributed by atoms with Gasteiger partial charge >= 0.3 is 0 Å². The van der Waals surface area contributed by atoms with E-state index in [-0.39, 0.29) is 5.41 Å². The number of hydrogen-bond acceptors (Lipinski definition) is 2. The fourth-order valence-corrected chi connectivity index (χ4v) is 9.52. The van der Waals surface area contributed by atoms with Crippen LogP contribution in [0.15, 0.2) is 201 Å². The van der Waals surface area contributed by atoms with Crippen molar-refractivity contribution in [1.82, 2.24) is 0 Å². The minimum Gasteiger partial charge on any atom is -0.456 e. The monoisotopic (exact) mass is 769 g/mol. The Morgan fingerprint density at radius 3 is 1.88 bits per heavy atom. The molecule has 2 aliphatic rings. The van der Waals surface area contributed by atoms with Gasteiger partial charge in [-0.25, -0.2) is 0 Å². The lowest BCUT2D eigenvalue weighted by Crippen LogP contribution is -2.14. The van der Waals surface area contributed by atoms with Gasteiger partial charge in [0.1, 0.15) is 11.5 Å². The molecule has 0 unspecified atom stereocenters. The summed E-state index contributed by atoms with van der Waals surface area (Å²) in [4.78, 5) is 2.30. The maximum atomic E-state index is 6.71. The Hall–Kier alpha value is -7.42. The second-order valence-electron chi connectivity index (χ2n) is 16.7. The third-order valence-corrected chi connectivity index (χ3v) is 12.8. The molecular weight excluding hydrogens is 727 g/mol. The number of anilines is 3. The summed E-state index contributed by atoms with van der Waals surface area (Å²) < 4.78 is 6.71. The normalized spacial score (nSPS) is 12.9. The van der Waals surface area contributed by atoms with Crippen LogP contribution in [0.2, 0.25) is 0 Å². The van der Waals surface area contributed by atoms with Gasteiger partial charge in [-0.3, -0.25) is 0 Å². The summed E-state index contributed by atoms with van der Waals surface area (Å²) in [5.74, 6) is 1.81. The fraction of sp³-hybridized carbons (Fsp3) is 0.0690. The van der Waals surface area contributed by atoms with Crippen LogP contribution < -0.4 is 9.64 Å². The van der Waals surface area contributed by atoms with E-state index in [1.165, 1.54) is 55.3 Å². The second-order valence-corrected chi connectivity index (χ2v) is 16.7. The van der Waals surface area contributed by atoms with Gasteiger partial charge in [-0.15, -0.1) is 0 Å². The molecule has 1 aliphatic carbocycles. The van der Waals surface area contributed by atoms with Gasteiger partial charge in [0.05, 0.1) is 0 Å². The molecule has 9 aromatic carbocycles. The Morgan fingerprint density at radius 2 is 1.10 bits per heavy atom. The van der Waals surface area contributed by atoms with Crippen molar-refractivity contribution in [3.63, 3.8) is 0 Å². The third kappa shape index (κ3) is 5.79. The molecule has 286 valence electrons. The molecule has 0 saturated carbocycles. The topological polar surface area (TPSA) is 12.5 Å². The molecule has 0 bridgehead atoms. The molecule has 0 aromatic heterocycles. The van der Waals surface area contributed by atoms with Crippen LogP contribution >= 0.6 is 0 Å². The lowest BCUT2D eigenvalue weighted by atomic mass is 9.82. The average molecular weight is 770 g/mol. The number of benzene rings is 9. The third-order valence-electron chi connectivity index (χ3n) is 12.8. The molecule has 0 radical (unpaired) electrons. The lowest BCUT2D eigenvalue weighted by Gasteiger charge is -2.28. The largest absolute Gasteiger partial charge is 0.456 e. The molecule has 2 heteroatoms. The van der Waals surface area contributed by atoms with Crippen molar-refractivity contribution in [3.05, 3.63) is 229 Å². The van der Waals surface area contributed by atoms with Gasteiger partial charge in [-0.2, -0.15) is 0 Å². The van der Waals surface area contributed by atoms with Gasteiger partial charge in [0.15, 0.2) is 0 Å². The standard InChI is InChI=1S/C58H43NO/c1-37-20-21-42-12-11-18-51-50-32-31-48(36-55(50)60-57(37)56(42)51)59(46-15-6-5-7-16-46)47-29-26-41(27-30-47)45-14-10-13-44(34-45)40-24-22-39(23-25-40)38(2)43-28-33-54-52(35-43)49-17-8-9-19-53(49)58(54,3)4/h5-36H,2H2,1,3-4H3. The average Bonchev–Trinajstić information content (AvgIpc) is 3.53. The zero-order valence-corrected chi connectivity index (χ0v) is 34.0. The highest BCUT2D eigenvalue weighted by Crippen LogP contribution is 2.51. The Morgan fingerprint density at radius 1 is 0.467 bits per heavy atom. The summed E-state index contributed by atoms with van der Waals surface area (Å²) in [6.45, 7) is 11.3. The van der Waals surface area contributed by atoms with E-state index in [9.17, 15) is 0 Å². The second kappa shape index (κ2) is 13.9. The van der Waals surface area contributed by atoms with Gasteiger partial charge in [0, 0.05) is 39.5 Å². The maximum Gasteiger partial charge on any atom is 0.138 e. The highest BCUT2D eigenvalue weighted by molar-refractivity contribution is 6.05. The van der Waals surface area contributed by atoms with Crippen LogP contribution in [-0.4, -0.2) is 0 Å². The maximum absolute atomic E-state index is 6.71. The molecule has 0 saturated heterocycles. The molecule has 0 fully saturated rings. The molecule has 9 aromatic rings. The van der Waals surface area contributed by atoms with Crippen LogP contribution in [0.25, 0.3) is 60.9 Å². The van der Waals surface area contributed by atoms with Crippen molar-refractivity contribution in [1.29, 1.82) is 0 Å². The molecule has 11 rings (SSSR count). The van der Waals surface area contributed by atoms with E-state index in [0.717, 1.165) is 62.0 Å². The predicted octanol–water partition coefficient (Wildman–Crippen LogP) is 16.1. The van der Waals surface area contributed by atoms with Crippen LogP contribution in [0.4, 0.5) is 17.1 Å². The van der Waals surface area contributed by atoms with E-state index in [1.807, 2.05) is 0 Å². The van der Waals surface area contributed by atoms with E-state index in [2.05, 4.69) is 226 Å². The molecule has 1 heterocycles. The Labute approximate surface area is 352 Å². The Kier molecular flexibility index (Phi) is 8.25. The minimum atomic E-state index is -0.00540. The highest BCUT2D eigenvalue weighted by Gasteiger charge is 2.35. The van der Waals surface area contributed by atoms with E-state index in [4.69, 9.17) is 4.74 Å². The van der Waals surface area contributed by atoms with Crippen molar-refractivity contribution in [2.24, 2.45) is 0 Å². The Balaban J connectivity index is 0.869. The molecule has 0 amide bonds. The summed E-state index contributed by atoms with van der Waals surface area (Å²) >= 11 is 0. The van der Waals surface area contributed by atoms with Crippen molar-refractivity contribution in [2.45, 2.75) is 26.2 Å². The molecule has 1 aliphatic heterocycles. The highest BCUT2D eigenvalue weighted by atomic mass is 16.5. The molecule has 0 atom stereocenters. The number of para-hydroxylation sites is 1. The summed E-state index contributed by atoms with van der Waals surface area (Å²) in [5.41, 5.74) is 20.1. The van der Waals surface area contributed by atoms with Crippen LogP contribution in [0.1, 0.15) is 41.7 Å². The first-order chi connectivity index (χ1) is 29.3. The van der Waals surface area contributed by atoms with E-state index < -0.39 is 0 Å². The van der Waals surface area contributed by atoms with Crippen LogP contribution in [0.3, 0.4) is 0 Å². The van der Waals surface area contributed by atoms with Crippen molar-refractivity contribution in [2.75, 3.05) is 4.90 Å². The number of hydrogen-bond donors (Lipinski definition) is 0. The first-order valence-corrected chi connectivity index (χ1v) is 20.8.